The van der Waals surface area contributed by atoms with Crippen LogP contribution in [0.4, 0.5) is 5.95 Å². The van der Waals surface area contributed by atoms with Crippen LogP contribution >= 0.6 is 24.8 Å². The molecule has 2 aromatic carbocycles. The predicted molar refractivity (Wildman–Crippen MR) is 129 cm³/mol. The lowest BCUT2D eigenvalue weighted by molar-refractivity contribution is -0.116. The number of fused-ring (bicyclic) bond motifs is 1. The maximum Gasteiger partial charge on any atom is 0.228 e. The number of nitrogens with zero attached hydrogens (tertiary/aromatic N) is 3. The van der Waals surface area contributed by atoms with Crippen LogP contribution in [-0.4, -0.2) is 40.0 Å². The highest BCUT2D eigenvalue weighted by Gasteiger charge is 2.16. The number of rotatable bonds is 9. The van der Waals surface area contributed by atoms with Crippen molar-refractivity contribution in [2.24, 2.45) is 5.73 Å². The van der Waals surface area contributed by atoms with Crippen LogP contribution in [0.25, 0.3) is 11.0 Å². The van der Waals surface area contributed by atoms with E-state index in [1.807, 2.05) is 54.6 Å². The minimum atomic E-state index is -0.338. The minimum absolute atomic E-state index is 0. The van der Waals surface area contributed by atoms with Gasteiger partial charge in [0.25, 0.3) is 0 Å². The molecule has 30 heavy (non-hydrogen) atoms. The maximum absolute atomic E-state index is 12.6. The molecule has 1 aromatic heterocycles. The summed E-state index contributed by atoms with van der Waals surface area (Å²) in [6.07, 6.45) is 0.212. The molecule has 0 aliphatic rings. The topological polar surface area (TPSA) is 76.2 Å². The fourth-order valence-electron chi connectivity index (χ4n) is 3.37. The normalized spacial score (nSPS) is 11.6. The van der Waals surface area contributed by atoms with Crippen LogP contribution in [0.1, 0.15) is 31.9 Å². The summed E-state index contributed by atoms with van der Waals surface area (Å²) < 4.78 is 2.08. The number of likely N-dealkylation sites (N-methyl/N-ethyl adjacent to an activating group) is 1. The third kappa shape index (κ3) is 6.44. The molecule has 0 fully saturated rings. The van der Waals surface area contributed by atoms with Gasteiger partial charge in [-0.15, -0.1) is 24.8 Å². The molecule has 0 saturated carbocycles. The lowest BCUT2D eigenvalue weighted by Crippen LogP contribution is -2.28. The van der Waals surface area contributed by atoms with Crippen molar-refractivity contribution in [1.29, 1.82) is 0 Å². The number of nitrogens with two attached hydrogens (primary N) is 1. The van der Waals surface area contributed by atoms with Gasteiger partial charge in [-0.25, -0.2) is 4.98 Å². The molecule has 0 bridgehead atoms. The highest BCUT2D eigenvalue weighted by molar-refractivity contribution is 5.92. The fourth-order valence-corrected chi connectivity index (χ4v) is 3.37. The van der Waals surface area contributed by atoms with Crippen LogP contribution < -0.4 is 11.1 Å². The van der Waals surface area contributed by atoms with Crippen molar-refractivity contribution < 1.29 is 4.79 Å². The number of carbonyl (C=O) groups is 1. The molecule has 8 heteroatoms. The molecule has 0 aliphatic heterocycles. The minimum Gasteiger partial charge on any atom is -0.324 e. The van der Waals surface area contributed by atoms with E-state index in [1.165, 1.54) is 0 Å². The lowest BCUT2D eigenvalue weighted by atomic mass is 10.0. The van der Waals surface area contributed by atoms with Crippen molar-refractivity contribution in [1.82, 2.24) is 14.5 Å². The summed E-state index contributed by atoms with van der Waals surface area (Å²) in [6.45, 7) is 7.97. The first-order chi connectivity index (χ1) is 13.6. The van der Waals surface area contributed by atoms with E-state index >= 15 is 0 Å². The molecule has 1 unspecified atom stereocenters. The molecular weight excluding hydrogens is 421 g/mol. The van der Waals surface area contributed by atoms with Crippen LogP contribution in [0, 0.1) is 0 Å². The van der Waals surface area contributed by atoms with Crippen molar-refractivity contribution in [2.75, 3.05) is 25.0 Å². The summed E-state index contributed by atoms with van der Waals surface area (Å²) in [4.78, 5) is 19.6. The number of imidazole rings is 1. The smallest absolute Gasteiger partial charge is 0.228 e. The van der Waals surface area contributed by atoms with E-state index in [1.54, 1.807) is 0 Å². The number of para-hydroxylation sites is 2. The number of benzene rings is 2. The van der Waals surface area contributed by atoms with E-state index in [2.05, 4.69) is 33.6 Å². The van der Waals surface area contributed by atoms with Gasteiger partial charge in [-0.1, -0.05) is 56.3 Å². The summed E-state index contributed by atoms with van der Waals surface area (Å²) in [7, 11) is 0. The zero-order chi connectivity index (χ0) is 19.9. The summed E-state index contributed by atoms with van der Waals surface area (Å²) in [5.41, 5.74) is 9.06. The van der Waals surface area contributed by atoms with Gasteiger partial charge >= 0.3 is 0 Å². The summed E-state index contributed by atoms with van der Waals surface area (Å²) in [6, 6.07) is 17.3. The number of hydrogen-bond donors (Lipinski definition) is 2. The molecule has 1 heterocycles. The molecule has 3 rings (SSSR count). The maximum atomic E-state index is 12.6. The van der Waals surface area contributed by atoms with Gasteiger partial charge in [-0.3, -0.25) is 10.1 Å². The number of carbonyl (C=O) groups excluding carboxylic acids is 1. The zero-order valence-electron chi connectivity index (χ0n) is 17.5. The summed E-state index contributed by atoms with van der Waals surface area (Å²) >= 11 is 0. The zero-order valence-corrected chi connectivity index (χ0v) is 19.1. The van der Waals surface area contributed by atoms with Gasteiger partial charge in [0.2, 0.25) is 11.9 Å². The van der Waals surface area contributed by atoms with E-state index in [0.29, 0.717) is 5.95 Å². The van der Waals surface area contributed by atoms with E-state index in [9.17, 15) is 4.79 Å². The standard InChI is InChI=1S/C22H29N5O.2ClH/c1-3-26(4-2)14-15-27-20-13-9-8-12-19(20)24-22(27)25-21(28)16-18(23)17-10-6-5-7-11-17;;/h5-13,18H,3-4,14-16,23H2,1-2H3,(H,24,25,28);2*1H. The average Bonchev–Trinajstić information content (AvgIpc) is 3.06. The van der Waals surface area contributed by atoms with Gasteiger partial charge in [-0.05, 0) is 30.8 Å². The lowest BCUT2D eigenvalue weighted by Gasteiger charge is -2.19. The van der Waals surface area contributed by atoms with Gasteiger partial charge < -0.3 is 15.2 Å². The highest BCUT2D eigenvalue weighted by atomic mass is 35.5. The number of hydrogen-bond acceptors (Lipinski definition) is 4. The number of halogens is 2. The Hall–Kier alpha value is -2.12. The molecule has 0 saturated heterocycles. The molecule has 3 aromatic rings. The number of nitrogens with one attached hydrogen (secondary N) is 1. The van der Waals surface area contributed by atoms with Crippen LogP contribution in [0.3, 0.4) is 0 Å². The van der Waals surface area contributed by atoms with E-state index in [-0.39, 0.29) is 43.2 Å². The van der Waals surface area contributed by atoms with Crippen LogP contribution in [0.2, 0.25) is 0 Å². The van der Waals surface area contributed by atoms with E-state index < -0.39 is 0 Å². The van der Waals surface area contributed by atoms with Crippen LogP contribution in [-0.2, 0) is 11.3 Å². The van der Waals surface area contributed by atoms with Gasteiger partial charge in [0.1, 0.15) is 0 Å². The first-order valence-corrected chi connectivity index (χ1v) is 9.90. The molecule has 164 valence electrons. The van der Waals surface area contributed by atoms with E-state index in [0.717, 1.165) is 42.8 Å². The second-order valence-electron chi connectivity index (χ2n) is 6.87. The Morgan fingerprint density at radius 3 is 2.37 bits per heavy atom. The largest absolute Gasteiger partial charge is 0.324 e. The number of anilines is 1. The third-order valence-electron chi connectivity index (χ3n) is 5.07. The van der Waals surface area contributed by atoms with Crippen molar-refractivity contribution in [2.45, 2.75) is 32.9 Å². The Balaban J connectivity index is 0.00000225. The summed E-state index contributed by atoms with van der Waals surface area (Å²) in [5.74, 6) is 0.453. The second-order valence-corrected chi connectivity index (χ2v) is 6.87. The molecule has 1 amide bonds. The van der Waals surface area contributed by atoms with Crippen LogP contribution in [0.5, 0.6) is 0 Å². The van der Waals surface area contributed by atoms with Crippen molar-refractivity contribution in [3.05, 3.63) is 60.2 Å². The highest BCUT2D eigenvalue weighted by Crippen LogP contribution is 2.21. The average molecular weight is 452 g/mol. The predicted octanol–water partition coefficient (Wildman–Crippen LogP) is 4.25. The van der Waals surface area contributed by atoms with Crippen LogP contribution in [0.15, 0.2) is 54.6 Å². The second kappa shape index (κ2) is 12.5. The Kier molecular flexibility index (Phi) is 10.8. The monoisotopic (exact) mass is 451 g/mol. The van der Waals surface area contributed by atoms with Gasteiger partial charge in [-0.2, -0.15) is 0 Å². The Morgan fingerprint density at radius 2 is 1.70 bits per heavy atom. The molecule has 0 aliphatic carbocycles. The molecule has 6 nitrogen and oxygen atoms in total. The van der Waals surface area contributed by atoms with Crippen molar-refractivity contribution in [3.63, 3.8) is 0 Å². The first kappa shape index (κ1) is 25.9. The van der Waals surface area contributed by atoms with Crippen molar-refractivity contribution >= 4 is 47.7 Å². The van der Waals surface area contributed by atoms with E-state index in [4.69, 9.17) is 5.73 Å². The Bertz CT molecular complexity index is 912. The molecule has 3 N–H and O–H groups in total. The quantitative estimate of drug-likeness (QED) is 0.509. The summed E-state index contributed by atoms with van der Waals surface area (Å²) in [5, 5.41) is 2.97. The number of aromatic nitrogens is 2. The number of amides is 1. The first-order valence-electron chi connectivity index (χ1n) is 9.90. The van der Waals surface area contributed by atoms with Gasteiger partial charge in [0.15, 0.2) is 0 Å². The molecule has 0 radical (unpaired) electrons. The molecule has 0 spiro atoms. The molecule has 1 atom stereocenters. The van der Waals surface area contributed by atoms with Gasteiger partial charge in [0, 0.05) is 25.6 Å². The van der Waals surface area contributed by atoms with Crippen molar-refractivity contribution in [3.8, 4) is 0 Å². The third-order valence-corrected chi connectivity index (χ3v) is 5.07. The SMILES string of the molecule is CCN(CC)CCn1c(NC(=O)CC(N)c2ccccc2)nc2ccccc21.Cl.Cl. The fraction of sp³-hybridized carbons (Fsp3) is 0.364. The Morgan fingerprint density at radius 1 is 1.07 bits per heavy atom. The Labute approximate surface area is 190 Å². The molecular formula is C22H31Cl2N5O. The van der Waals surface area contributed by atoms with Gasteiger partial charge in [0.05, 0.1) is 11.0 Å².